The SMILES string of the molecule is COC[C@@]12CC[C@H](OC)[C@]34C([C@H]([C@H](OC)C13)[C@@]1(O)[C@@H](O)[C@H](OC)C3(O)C[C@@H]4[C@@H]1C3OC(=O)c1ccccc1)N(C)C2. The van der Waals surface area contributed by atoms with Crippen molar-refractivity contribution in [3.8, 4) is 0 Å². The smallest absolute Gasteiger partial charge is 0.338 e. The van der Waals surface area contributed by atoms with Crippen LogP contribution in [0.25, 0.3) is 0 Å². The molecule has 0 radical (unpaired) electrons. The molecule has 10 nitrogen and oxygen atoms in total. The summed E-state index contributed by atoms with van der Waals surface area (Å²) in [6.45, 7) is 1.29. The molecule has 1 saturated heterocycles. The summed E-state index contributed by atoms with van der Waals surface area (Å²) in [6.07, 6.45) is -2.45. The Morgan fingerprint density at radius 3 is 2.39 bits per heavy atom. The predicted octanol–water partition coefficient (Wildman–Crippen LogP) is 0.716. The average molecular weight is 574 g/mol. The number of aliphatic hydroxyl groups is 3. The Bertz CT molecular complexity index is 1200. The first-order valence-corrected chi connectivity index (χ1v) is 14.8. The van der Waals surface area contributed by atoms with Crippen molar-refractivity contribution in [3.63, 3.8) is 0 Å². The van der Waals surface area contributed by atoms with Crippen LogP contribution in [0.4, 0.5) is 0 Å². The molecule has 4 unspecified atom stereocenters. The molecule has 226 valence electrons. The monoisotopic (exact) mass is 573 g/mol. The summed E-state index contributed by atoms with van der Waals surface area (Å²) < 4.78 is 30.6. The minimum absolute atomic E-state index is 0.0644. The molecular weight excluding hydrogens is 530 g/mol. The van der Waals surface area contributed by atoms with Crippen LogP contribution in [0.15, 0.2) is 30.3 Å². The van der Waals surface area contributed by atoms with Gasteiger partial charge < -0.3 is 43.9 Å². The van der Waals surface area contributed by atoms with Crippen molar-refractivity contribution >= 4 is 5.97 Å². The van der Waals surface area contributed by atoms with Gasteiger partial charge in [0, 0.05) is 69.6 Å². The molecule has 41 heavy (non-hydrogen) atoms. The maximum Gasteiger partial charge on any atom is 0.338 e. The number of methoxy groups -OCH3 is 4. The first-order valence-electron chi connectivity index (χ1n) is 14.8. The number of ether oxygens (including phenoxy) is 5. The highest BCUT2D eigenvalue weighted by molar-refractivity contribution is 5.89. The molecule has 1 heterocycles. The normalized spacial score (nSPS) is 52.9. The topological polar surface area (TPSA) is 127 Å². The zero-order valence-electron chi connectivity index (χ0n) is 24.4. The van der Waals surface area contributed by atoms with Crippen LogP contribution in [0.5, 0.6) is 0 Å². The van der Waals surface area contributed by atoms with E-state index in [4.69, 9.17) is 23.7 Å². The molecule has 0 amide bonds. The quantitative estimate of drug-likeness (QED) is 0.402. The third kappa shape index (κ3) is 3.08. The van der Waals surface area contributed by atoms with Gasteiger partial charge in [0.15, 0.2) is 0 Å². The Labute approximate surface area is 240 Å². The Hall–Kier alpha value is -1.63. The Morgan fingerprint density at radius 1 is 1.02 bits per heavy atom. The lowest BCUT2D eigenvalue weighted by molar-refractivity contribution is -0.313. The van der Waals surface area contributed by atoms with Crippen molar-refractivity contribution in [2.45, 2.75) is 67.0 Å². The second-order valence-electron chi connectivity index (χ2n) is 13.6. The van der Waals surface area contributed by atoms with Crippen LogP contribution in [0.2, 0.25) is 0 Å². The molecular formula is C31H43NO9. The van der Waals surface area contributed by atoms with Crippen LogP contribution in [0.3, 0.4) is 0 Å². The second-order valence-corrected chi connectivity index (χ2v) is 13.6. The lowest BCUT2D eigenvalue weighted by Gasteiger charge is -2.69. The predicted molar refractivity (Wildman–Crippen MR) is 145 cm³/mol. The number of fused-ring (bicyclic) bond motifs is 2. The molecule has 6 fully saturated rings. The highest BCUT2D eigenvalue weighted by atomic mass is 16.6. The zero-order chi connectivity index (χ0) is 29.1. The maximum absolute atomic E-state index is 13.5. The molecule has 10 heteroatoms. The van der Waals surface area contributed by atoms with Gasteiger partial charge >= 0.3 is 5.97 Å². The number of aliphatic hydroxyl groups excluding tert-OH is 1. The number of hydrogen-bond donors (Lipinski definition) is 3. The summed E-state index contributed by atoms with van der Waals surface area (Å²) in [5.41, 5.74) is -3.95. The van der Waals surface area contributed by atoms with Crippen LogP contribution in [0, 0.1) is 34.5 Å². The molecule has 5 saturated carbocycles. The number of rotatable bonds is 7. The summed E-state index contributed by atoms with van der Waals surface area (Å²) in [4.78, 5) is 15.8. The van der Waals surface area contributed by atoms with E-state index in [1.165, 1.54) is 7.11 Å². The van der Waals surface area contributed by atoms with Gasteiger partial charge in [-0.05, 0) is 44.4 Å². The van der Waals surface area contributed by atoms with E-state index in [1.54, 1.807) is 45.6 Å². The van der Waals surface area contributed by atoms with Gasteiger partial charge in [0.05, 0.1) is 24.4 Å². The maximum atomic E-state index is 13.5. The lowest BCUT2D eigenvalue weighted by Crippen LogP contribution is -2.79. The molecule has 1 aromatic rings. The number of likely N-dealkylation sites (tertiary alicyclic amines) is 1. The third-order valence-electron chi connectivity index (χ3n) is 12.5. The highest BCUT2D eigenvalue weighted by Gasteiger charge is 2.90. The van der Waals surface area contributed by atoms with E-state index >= 15 is 0 Å². The fourth-order valence-electron chi connectivity index (χ4n) is 11.8. The summed E-state index contributed by atoms with van der Waals surface area (Å²) >= 11 is 0. The standard InChI is InChI=1S/C31H43NO9/c1-32-14-28(15-37-2)12-11-18(38-3)30-17-13-29(35)25(41-27(34)16-9-7-6-8-10-16)19(17)31(36,24(33)26(29)40-5)20(23(30)32)21(39-4)22(28)30/h6-10,17-26,33,35-36H,11-15H2,1-5H3/t17-,18+,19-,20+,21+,22?,23?,24+,25?,26+,28+,29?,30+,31-/m1/s1. The zero-order valence-corrected chi connectivity index (χ0v) is 24.4. The van der Waals surface area contributed by atoms with Crippen LogP contribution in [0.1, 0.15) is 29.6 Å². The van der Waals surface area contributed by atoms with Gasteiger partial charge in [0.25, 0.3) is 0 Å². The summed E-state index contributed by atoms with van der Waals surface area (Å²) in [7, 11) is 8.65. The third-order valence-corrected chi connectivity index (χ3v) is 12.5. The van der Waals surface area contributed by atoms with E-state index in [1.807, 2.05) is 6.07 Å². The van der Waals surface area contributed by atoms with Gasteiger partial charge in [0.1, 0.15) is 29.5 Å². The largest absolute Gasteiger partial charge is 0.455 e. The first kappa shape index (κ1) is 28.2. The van der Waals surface area contributed by atoms with Gasteiger partial charge in [-0.2, -0.15) is 0 Å². The van der Waals surface area contributed by atoms with Crippen molar-refractivity contribution < 1.29 is 43.8 Å². The van der Waals surface area contributed by atoms with Gasteiger partial charge in [-0.15, -0.1) is 0 Å². The van der Waals surface area contributed by atoms with E-state index in [-0.39, 0.29) is 35.8 Å². The fourth-order valence-corrected chi connectivity index (χ4v) is 11.8. The van der Waals surface area contributed by atoms with Crippen LogP contribution >= 0.6 is 0 Å². The number of nitrogens with zero attached hydrogens (tertiary/aromatic N) is 1. The molecule has 6 aliphatic rings. The summed E-state index contributed by atoms with van der Waals surface area (Å²) in [6, 6.07) is 8.46. The van der Waals surface area contributed by atoms with Crippen LogP contribution in [-0.4, -0.2) is 123 Å². The molecule has 3 N–H and O–H groups in total. The fraction of sp³-hybridized carbons (Fsp3) is 0.774. The van der Waals surface area contributed by atoms with E-state index in [0.717, 1.165) is 19.4 Å². The van der Waals surface area contributed by atoms with Gasteiger partial charge in [0.2, 0.25) is 0 Å². The van der Waals surface area contributed by atoms with E-state index in [2.05, 4.69) is 11.9 Å². The van der Waals surface area contributed by atoms with Gasteiger partial charge in [-0.1, -0.05) is 18.2 Å². The summed E-state index contributed by atoms with van der Waals surface area (Å²) in [5, 5.41) is 37.6. The Morgan fingerprint density at radius 2 is 1.76 bits per heavy atom. The molecule has 14 atom stereocenters. The molecule has 7 rings (SSSR count). The lowest BCUT2D eigenvalue weighted by atomic mass is 9.43. The first-order chi connectivity index (χ1) is 19.6. The van der Waals surface area contributed by atoms with Crippen molar-refractivity contribution in [1.82, 2.24) is 4.90 Å². The Balaban J connectivity index is 1.46. The van der Waals surface area contributed by atoms with Crippen molar-refractivity contribution in [1.29, 1.82) is 0 Å². The van der Waals surface area contributed by atoms with Crippen LogP contribution < -0.4 is 0 Å². The Kier molecular flexibility index (Phi) is 6.31. The molecule has 1 aromatic carbocycles. The van der Waals surface area contributed by atoms with Crippen molar-refractivity contribution in [3.05, 3.63) is 35.9 Å². The summed E-state index contributed by atoms with van der Waals surface area (Å²) in [5.74, 6) is -2.30. The minimum Gasteiger partial charge on any atom is -0.455 e. The minimum atomic E-state index is -1.76. The molecule has 0 aromatic heterocycles. The number of piperidine rings is 1. The van der Waals surface area contributed by atoms with Crippen LogP contribution in [-0.2, 0) is 23.7 Å². The van der Waals surface area contributed by atoms with E-state index in [9.17, 15) is 20.1 Å². The van der Waals surface area contributed by atoms with Gasteiger partial charge in [-0.25, -0.2) is 4.79 Å². The molecule has 1 aliphatic heterocycles. The van der Waals surface area contributed by atoms with Gasteiger partial charge in [-0.3, -0.25) is 0 Å². The highest BCUT2D eigenvalue weighted by Crippen LogP contribution is 2.80. The number of benzene rings is 1. The molecule has 1 spiro atoms. The molecule has 5 aliphatic carbocycles. The van der Waals surface area contributed by atoms with E-state index < -0.39 is 58.8 Å². The molecule has 7 bridgehead atoms. The average Bonchev–Trinajstić information content (AvgIpc) is 3.36. The number of esters is 1. The van der Waals surface area contributed by atoms with Crippen molar-refractivity contribution in [2.75, 3.05) is 48.6 Å². The number of hydrogen-bond acceptors (Lipinski definition) is 10. The number of carbonyl (C=O) groups is 1. The number of carbonyl (C=O) groups excluding carboxylic acids is 1. The second kappa shape index (κ2) is 9.19. The van der Waals surface area contributed by atoms with E-state index in [0.29, 0.717) is 12.2 Å². The van der Waals surface area contributed by atoms with Crippen molar-refractivity contribution in [2.24, 2.45) is 34.5 Å².